The van der Waals surface area contributed by atoms with Gasteiger partial charge in [-0.1, -0.05) is 0 Å². The molecule has 0 bridgehead atoms. The largest absolute Gasteiger partial charge is 0.376 e. The lowest BCUT2D eigenvalue weighted by molar-refractivity contribution is 0.0512. The van der Waals surface area contributed by atoms with E-state index in [1.807, 2.05) is 55.7 Å². The Morgan fingerprint density at radius 2 is 2.16 bits per heavy atom. The summed E-state index contributed by atoms with van der Waals surface area (Å²) in [5, 5.41) is 0. The Labute approximate surface area is 149 Å². The van der Waals surface area contributed by atoms with E-state index in [9.17, 15) is 4.79 Å². The molecule has 1 amide bonds. The van der Waals surface area contributed by atoms with E-state index in [4.69, 9.17) is 4.74 Å². The quantitative estimate of drug-likeness (QED) is 0.805. The molecule has 0 spiro atoms. The molecule has 0 radical (unpaired) electrons. The molecule has 1 aliphatic heterocycles. The maximum Gasteiger partial charge on any atom is 0.254 e. The van der Waals surface area contributed by atoms with E-state index in [0.717, 1.165) is 42.9 Å². The molecule has 2 heterocycles. The van der Waals surface area contributed by atoms with E-state index < -0.39 is 0 Å². The van der Waals surface area contributed by atoms with Crippen molar-refractivity contribution >= 4 is 16.9 Å². The normalized spacial score (nSPS) is 17.6. The van der Waals surface area contributed by atoms with Crippen molar-refractivity contribution in [1.29, 1.82) is 0 Å². The van der Waals surface area contributed by atoms with Gasteiger partial charge in [0.1, 0.15) is 5.82 Å². The van der Waals surface area contributed by atoms with Crippen LogP contribution >= 0.6 is 0 Å². The first-order valence-electron chi connectivity index (χ1n) is 8.94. The number of carbonyl (C=O) groups excluding carboxylic acids is 1. The molecule has 25 heavy (non-hydrogen) atoms. The summed E-state index contributed by atoms with van der Waals surface area (Å²) in [5.41, 5.74) is 2.62. The van der Waals surface area contributed by atoms with E-state index in [-0.39, 0.29) is 12.0 Å². The summed E-state index contributed by atoms with van der Waals surface area (Å²) in [7, 11) is 6.04. The Morgan fingerprint density at radius 1 is 1.36 bits per heavy atom. The predicted molar refractivity (Wildman–Crippen MR) is 98.9 cm³/mol. The Hall–Kier alpha value is -1.92. The Bertz CT molecular complexity index is 747. The van der Waals surface area contributed by atoms with Crippen molar-refractivity contribution in [2.24, 2.45) is 7.05 Å². The van der Waals surface area contributed by atoms with Crippen LogP contribution in [0.25, 0.3) is 11.0 Å². The second-order valence-electron chi connectivity index (χ2n) is 7.11. The van der Waals surface area contributed by atoms with Crippen molar-refractivity contribution in [2.45, 2.75) is 25.9 Å². The van der Waals surface area contributed by atoms with E-state index in [2.05, 4.69) is 9.88 Å². The zero-order valence-corrected chi connectivity index (χ0v) is 15.7. The van der Waals surface area contributed by atoms with Crippen LogP contribution in [0.15, 0.2) is 18.2 Å². The smallest absolute Gasteiger partial charge is 0.254 e. The molecule has 6 heteroatoms. The van der Waals surface area contributed by atoms with E-state index in [1.165, 1.54) is 0 Å². The first-order valence-corrected chi connectivity index (χ1v) is 8.94. The summed E-state index contributed by atoms with van der Waals surface area (Å²) in [5.74, 6) is 1.01. The second kappa shape index (κ2) is 7.54. The summed E-state index contributed by atoms with van der Waals surface area (Å²) in [6.45, 7) is 4.97. The second-order valence-corrected chi connectivity index (χ2v) is 7.11. The third-order valence-electron chi connectivity index (χ3n) is 4.90. The number of carbonyl (C=O) groups is 1. The Balaban J connectivity index is 1.82. The predicted octanol–water partition coefficient (Wildman–Crippen LogP) is 2.06. The molecular weight excluding hydrogens is 316 g/mol. The topological polar surface area (TPSA) is 50.6 Å². The SMILES string of the molecule is Cc1nc2cc(C(=O)N(CCN(C)C)C[C@@H]3CCCO3)ccc2n1C. The van der Waals surface area contributed by atoms with Crippen molar-refractivity contribution in [3.8, 4) is 0 Å². The molecular formula is C19H28N4O2. The molecule has 0 saturated carbocycles. The number of aryl methyl sites for hydroxylation is 2. The summed E-state index contributed by atoms with van der Waals surface area (Å²) in [4.78, 5) is 21.7. The number of aromatic nitrogens is 2. The van der Waals surface area contributed by atoms with Gasteiger partial charge in [-0.2, -0.15) is 0 Å². The van der Waals surface area contributed by atoms with Crippen LogP contribution < -0.4 is 0 Å². The minimum atomic E-state index is 0.0579. The number of fused-ring (bicyclic) bond motifs is 1. The highest BCUT2D eigenvalue weighted by atomic mass is 16.5. The van der Waals surface area contributed by atoms with Crippen LogP contribution in [0.5, 0.6) is 0 Å². The van der Waals surface area contributed by atoms with Gasteiger partial charge >= 0.3 is 0 Å². The number of hydrogen-bond acceptors (Lipinski definition) is 4. The molecule has 1 fully saturated rings. The van der Waals surface area contributed by atoms with Gasteiger partial charge < -0.3 is 19.1 Å². The average Bonchev–Trinajstić information content (AvgIpc) is 3.19. The summed E-state index contributed by atoms with van der Waals surface area (Å²) in [6.07, 6.45) is 2.27. The highest BCUT2D eigenvalue weighted by Gasteiger charge is 2.24. The summed E-state index contributed by atoms with van der Waals surface area (Å²) >= 11 is 0. The Morgan fingerprint density at radius 3 is 2.84 bits per heavy atom. The van der Waals surface area contributed by atoms with E-state index in [1.54, 1.807) is 0 Å². The van der Waals surface area contributed by atoms with Crippen LogP contribution in [-0.4, -0.2) is 71.7 Å². The molecule has 0 aliphatic carbocycles. The molecule has 0 N–H and O–H groups in total. The zero-order valence-electron chi connectivity index (χ0n) is 15.7. The molecule has 2 aromatic rings. The van der Waals surface area contributed by atoms with Crippen molar-refractivity contribution in [1.82, 2.24) is 19.4 Å². The van der Waals surface area contributed by atoms with Gasteiger partial charge in [0, 0.05) is 38.9 Å². The number of rotatable bonds is 6. The zero-order chi connectivity index (χ0) is 18.0. The van der Waals surface area contributed by atoms with Crippen molar-refractivity contribution < 1.29 is 9.53 Å². The fourth-order valence-electron chi connectivity index (χ4n) is 3.27. The average molecular weight is 344 g/mol. The number of likely N-dealkylation sites (N-methyl/N-ethyl adjacent to an activating group) is 1. The third kappa shape index (κ3) is 4.02. The van der Waals surface area contributed by atoms with Crippen LogP contribution in [0, 0.1) is 6.92 Å². The van der Waals surface area contributed by atoms with Crippen molar-refractivity contribution in [2.75, 3.05) is 40.3 Å². The van der Waals surface area contributed by atoms with Crippen molar-refractivity contribution in [3.05, 3.63) is 29.6 Å². The number of nitrogens with zero attached hydrogens (tertiary/aromatic N) is 4. The molecule has 0 unspecified atom stereocenters. The fraction of sp³-hybridized carbons (Fsp3) is 0.579. The van der Waals surface area contributed by atoms with Crippen LogP contribution in [0.4, 0.5) is 0 Å². The molecule has 1 aromatic carbocycles. The highest BCUT2D eigenvalue weighted by Crippen LogP contribution is 2.19. The van der Waals surface area contributed by atoms with E-state index >= 15 is 0 Å². The lowest BCUT2D eigenvalue weighted by Crippen LogP contribution is -2.41. The lowest BCUT2D eigenvalue weighted by atomic mass is 10.1. The molecule has 3 rings (SSSR count). The number of amides is 1. The summed E-state index contributed by atoms with van der Waals surface area (Å²) in [6, 6.07) is 5.80. The monoisotopic (exact) mass is 344 g/mol. The van der Waals surface area contributed by atoms with Crippen molar-refractivity contribution in [3.63, 3.8) is 0 Å². The fourth-order valence-corrected chi connectivity index (χ4v) is 3.27. The molecule has 1 atom stereocenters. The third-order valence-corrected chi connectivity index (χ3v) is 4.90. The van der Waals surface area contributed by atoms with Crippen LogP contribution in [0.2, 0.25) is 0 Å². The van der Waals surface area contributed by atoms with Gasteiger partial charge in [0.15, 0.2) is 0 Å². The Kier molecular flexibility index (Phi) is 5.39. The van der Waals surface area contributed by atoms with Crippen LogP contribution in [0.3, 0.4) is 0 Å². The lowest BCUT2D eigenvalue weighted by Gasteiger charge is -2.27. The minimum Gasteiger partial charge on any atom is -0.376 e. The number of benzene rings is 1. The first-order chi connectivity index (χ1) is 12.0. The maximum absolute atomic E-state index is 13.1. The van der Waals surface area contributed by atoms with Gasteiger partial charge in [0.2, 0.25) is 0 Å². The van der Waals surface area contributed by atoms with Crippen LogP contribution in [-0.2, 0) is 11.8 Å². The van der Waals surface area contributed by atoms with E-state index in [0.29, 0.717) is 18.7 Å². The van der Waals surface area contributed by atoms with Gasteiger partial charge in [0.05, 0.1) is 17.1 Å². The van der Waals surface area contributed by atoms with Gasteiger partial charge in [-0.3, -0.25) is 4.79 Å². The molecule has 1 aliphatic rings. The van der Waals surface area contributed by atoms with Gasteiger partial charge in [-0.05, 0) is 52.1 Å². The molecule has 1 aromatic heterocycles. The standard InChI is InChI=1S/C19H28N4O2/c1-14-20-17-12-15(7-8-18(17)22(14)4)19(24)23(10-9-21(2)3)13-16-6-5-11-25-16/h7-8,12,16H,5-6,9-11,13H2,1-4H3/t16-/m0/s1. The van der Waals surface area contributed by atoms with Crippen LogP contribution in [0.1, 0.15) is 29.0 Å². The molecule has 6 nitrogen and oxygen atoms in total. The number of imidazole rings is 1. The maximum atomic E-state index is 13.1. The van der Waals surface area contributed by atoms with Gasteiger partial charge in [-0.25, -0.2) is 4.98 Å². The van der Waals surface area contributed by atoms with Gasteiger partial charge in [0.25, 0.3) is 5.91 Å². The molecule has 1 saturated heterocycles. The minimum absolute atomic E-state index is 0.0579. The molecule has 136 valence electrons. The summed E-state index contributed by atoms with van der Waals surface area (Å²) < 4.78 is 7.78. The van der Waals surface area contributed by atoms with Gasteiger partial charge in [-0.15, -0.1) is 0 Å². The number of ether oxygens (including phenoxy) is 1. The highest BCUT2D eigenvalue weighted by molar-refractivity contribution is 5.97. The number of hydrogen-bond donors (Lipinski definition) is 0. The first kappa shape index (κ1) is 17.9.